The van der Waals surface area contributed by atoms with Gasteiger partial charge >= 0.3 is 0 Å². The second kappa shape index (κ2) is 8.52. The number of hydrogen-bond donors (Lipinski definition) is 1. The number of hydrogen-bond acceptors (Lipinski definition) is 6. The van der Waals surface area contributed by atoms with Crippen LogP contribution in [0, 0.1) is 0 Å². The van der Waals surface area contributed by atoms with Crippen LogP contribution in [0.5, 0.6) is 5.75 Å². The summed E-state index contributed by atoms with van der Waals surface area (Å²) in [7, 11) is 6.57. The van der Waals surface area contributed by atoms with Crippen LogP contribution < -0.4 is 10.1 Å². The van der Waals surface area contributed by atoms with E-state index in [1.54, 1.807) is 14.2 Å². The average Bonchev–Trinajstić information content (AvgIpc) is 2.99. The number of methoxy groups -OCH3 is 1. The fourth-order valence-corrected chi connectivity index (χ4v) is 2.98. The van der Waals surface area contributed by atoms with Crippen LogP contribution >= 0.6 is 11.8 Å². The van der Waals surface area contributed by atoms with Crippen molar-refractivity contribution in [3.05, 3.63) is 24.3 Å². The first-order valence-corrected chi connectivity index (χ1v) is 8.56. The minimum atomic E-state index is -0.210. The van der Waals surface area contributed by atoms with Crippen LogP contribution in [-0.4, -0.2) is 65.0 Å². The molecule has 0 aliphatic heterocycles. The molecule has 8 nitrogen and oxygen atoms in total. The average molecular weight is 363 g/mol. The zero-order valence-corrected chi connectivity index (χ0v) is 15.5. The van der Waals surface area contributed by atoms with Gasteiger partial charge in [-0.1, -0.05) is 23.9 Å². The van der Waals surface area contributed by atoms with Gasteiger partial charge in [-0.25, -0.2) is 0 Å². The van der Waals surface area contributed by atoms with Crippen molar-refractivity contribution in [2.24, 2.45) is 7.05 Å². The lowest BCUT2D eigenvalue weighted by Crippen LogP contribution is -2.37. The number of carbonyl (C=O) groups excluding carboxylic acids is 2. The van der Waals surface area contributed by atoms with Gasteiger partial charge in [0.1, 0.15) is 5.75 Å². The molecule has 1 heterocycles. The maximum Gasteiger partial charge on any atom is 0.239 e. The summed E-state index contributed by atoms with van der Waals surface area (Å²) >= 11 is 1.27. The predicted octanol–water partition coefficient (Wildman–Crippen LogP) is 0.787. The van der Waals surface area contributed by atoms with Crippen LogP contribution in [0.1, 0.15) is 0 Å². The number of benzene rings is 1. The summed E-state index contributed by atoms with van der Waals surface area (Å²) in [5.74, 6) is 1.17. The fourth-order valence-electron chi connectivity index (χ4n) is 2.12. The lowest BCUT2D eigenvalue weighted by molar-refractivity contribution is -0.132. The summed E-state index contributed by atoms with van der Waals surface area (Å²) in [6, 6.07) is 7.54. The highest BCUT2D eigenvalue weighted by Crippen LogP contribution is 2.29. The van der Waals surface area contributed by atoms with E-state index in [-0.39, 0.29) is 24.1 Å². The topological polar surface area (TPSA) is 89.3 Å². The minimum Gasteiger partial charge on any atom is -0.496 e. The zero-order valence-electron chi connectivity index (χ0n) is 14.6. The Kier molecular flexibility index (Phi) is 6.40. The van der Waals surface area contributed by atoms with Gasteiger partial charge in [0.05, 0.1) is 25.0 Å². The van der Waals surface area contributed by atoms with Crippen LogP contribution in [0.3, 0.4) is 0 Å². The molecular weight excluding hydrogens is 342 g/mol. The van der Waals surface area contributed by atoms with E-state index >= 15 is 0 Å². The highest BCUT2D eigenvalue weighted by atomic mass is 32.2. The molecule has 0 saturated heterocycles. The molecule has 134 valence electrons. The van der Waals surface area contributed by atoms with E-state index in [9.17, 15) is 9.59 Å². The molecular formula is C16H21N5O3S. The Morgan fingerprint density at radius 2 is 2.04 bits per heavy atom. The number of para-hydroxylation sites is 1. The first-order valence-electron chi connectivity index (χ1n) is 7.58. The Bertz CT molecular complexity index is 762. The molecule has 0 aliphatic rings. The first kappa shape index (κ1) is 18.8. The van der Waals surface area contributed by atoms with E-state index in [1.165, 1.54) is 23.7 Å². The maximum absolute atomic E-state index is 12.1. The highest BCUT2D eigenvalue weighted by Gasteiger charge is 2.17. The number of carbonyl (C=O) groups is 2. The molecule has 2 aromatic rings. The maximum atomic E-state index is 12.1. The molecule has 9 heteroatoms. The van der Waals surface area contributed by atoms with E-state index in [0.29, 0.717) is 16.7 Å². The molecule has 2 amide bonds. The van der Waals surface area contributed by atoms with Gasteiger partial charge in [0.25, 0.3) is 0 Å². The number of aromatic nitrogens is 3. The molecule has 0 unspecified atom stereocenters. The number of nitrogens with one attached hydrogen (secondary N) is 1. The van der Waals surface area contributed by atoms with Gasteiger partial charge in [0.2, 0.25) is 11.8 Å². The summed E-state index contributed by atoms with van der Waals surface area (Å²) in [6.07, 6.45) is 0. The highest BCUT2D eigenvalue weighted by molar-refractivity contribution is 7.99. The monoisotopic (exact) mass is 363 g/mol. The van der Waals surface area contributed by atoms with Crippen molar-refractivity contribution in [3.63, 3.8) is 0 Å². The molecule has 0 spiro atoms. The molecule has 0 atom stereocenters. The number of likely N-dealkylation sites (N-methyl/N-ethyl adjacent to an activating group) is 2. The Balaban J connectivity index is 2.07. The van der Waals surface area contributed by atoms with Crippen molar-refractivity contribution in [1.29, 1.82) is 0 Å². The molecule has 2 rings (SSSR count). The normalized spacial score (nSPS) is 10.4. The first-order chi connectivity index (χ1) is 12.0. The van der Waals surface area contributed by atoms with E-state index in [0.717, 1.165) is 5.56 Å². The van der Waals surface area contributed by atoms with E-state index in [4.69, 9.17) is 4.74 Å². The van der Waals surface area contributed by atoms with E-state index in [2.05, 4.69) is 15.5 Å². The molecule has 0 saturated carbocycles. The summed E-state index contributed by atoms with van der Waals surface area (Å²) in [4.78, 5) is 24.8. The summed E-state index contributed by atoms with van der Waals surface area (Å²) in [5.41, 5.74) is 0.829. The molecule has 1 N–H and O–H groups in total. The number of amides is 2. The van der Waals surface area contributed by atoms with Crippen LogP contribution in [0.25, 0.3) is 11.4 Å². The molecule has 0 radical (unpaired) electrons. The van der Waals surface area contributed by atoms with Gasteiger partial charge in [-0.3, -0.25) is 9.59 Å². The second-order valence-electron chi connectivity index (χ2n) is 5.28. The van der Waals surface area contributed by atoms with Crippen molar-refractivity contribution in [2.75, 3.05) is 33.5 Å². The van der Waals surface area contributed by atoms with Crippen molar-refractivity contribution in [3.8, 4) is 17.1 Å². The van der Waals surface area contributed by atoms with Crippen LogP contribution in [0.15, 0.2) is 29.4 Å². The molecule has 1 aromatic carbocycles. The van der Waals surface area contributed by atoms with Crippen LogP contribution in [0.4, 0.5) is 0 Å². The Morgan fingerprint density at radius 3 is 2.72 bits per heavy atom. The number of rotatable bonds is 7. The third-order valence-electron chi connectivity index (χ3n) is 3.59. The van der Waals surface area contributed by atoms with Gasteiger partial charge in [0.15, 0.2) is 11.0 Å². The quantitative estimate of drug-likeness (QED) is 0.732. The smallest absolute Gasteiger partial charge is 0.239 e. The SMILES string of the molecule is CNC(=O)CN(C)C(=O)CSc1nnc(-c2ccccc2OC)n1C. The van der Waals surface area contributed by atoms with Gasteiger partial charge < -0.3 is 19.5 Å². The minimum absolute atomic E-state index is 0.0289. The fraction of sp³-hybridized carbons (Fsp3) is 0.375. The lowest BCUT2D eigenvalue weighted by atomic mass is 10.2. The number of ether oxygens (including phenoxy) is 1. The van der Waals surface area contributed by atoms with Gasteiger partial charge in [-0.2, -0.15) is 0 Å². The molecule has 0 fully saturated rings. The van der Waals surface area contributed by atoms with Crippen LogP contribution in [-0.2, 0) is 16.6 Å². The summed E-state index contributed by atoms with van der Waals surface area (Å²) < 4.78 is 7.17. The summed E-state index contributed by atoms with van der Waals surface area (Å²) in [5, 5.41) is 11.4. The Labute approximate surface area is 150 Å². The van der Waals surface area contributed by atoms with Crippen LogP contribution in [0.2, 0.25) is 0 Å². The van der Waals surface area contributed by atoms with Gasteiger partial charge in [-0.05, 0) is 12.1 Å². The standard InChI is InChI=1S/C16H21N5O3S/c1-17-13(22)9-20(2)14(23)10-25-16-19-18-15(21(16)3)11-7-5-6-8-12(11)24-4/h5-8H,9-10H2,1-4H3,(H,17,22). The molecule has 25 heavy (non-hydrogen) atoms. The van der Waals surface area contributed by atoms with Crippen molar-refractivity contribution in [2.45, 2.75) is 5.16 Å². The number of nitrogens with zero attached hydrogens (tertiary/aromatic N) is 4. The van der Waals surface area contributed by atoms with Crippen molar-refractivity contribution >= 4 is 23.6 Å². The second-order valence-corrected chi connectivity index (χ2v) is 6.22. The Morgan fingerprint density at radius 1 is 1.32 bits per heavy atom. The van der Waals surface area contributed by atoms with E-state index in [1.807, 2.05) is 35.9 Å². The zero-order chi connectivity index (χ0) is 18.4. The van der Waals surface area contributed by atoms with Gasteiger partial charge in [-0.15, -0.1) is 10.2 Å². The van der Waals surface area contributed by atoms with Crippen molar-refractivity contribution < 1.29 is 14.3 Å². The molecule has 0 aliphatic carbocycles. The third-order valence-corrected chi connectivity index (χ3v) is 4.60. The van der Waals surface area contributed by atoms with Crippen molar-refractivity contribution in [1.82, 2.24) is 25.0 Å². The number of thioether (sulfide) groups is 1. The largest absolute Gasteiger partial charge is 0.496 e. The third kappa shape index (κ3) is 4.50. The lowest BCUT2D eigenvalue weighted by Gasteiger charge is -2.15. The molecule has 0 bridgehead atoms. The van der Waals surface area contributed by atoms with Gasteiger partial charge in [0, 0.05) is 21.1 Å². The predicted molar refractivity (Wildman–Crippen MR) is 95.4 cm³/mol. The summed E-state index contributed by atoms with van der Waals surface area (Å²) in [6.45, 7) is 0.0289. The molecule has 1 aromatic heterocycles. The Hall–Kier alpha value is -2.55. The van der Waals surface area contributed by atoms with E-state index < -0.39 is 0 Å².